The fraction of sp³-hybridized carbons (Fsp3) is 0.200. The molecule has 1 saturated heterocycles. The van der Waals surface area contributed by atoms with Gasteiger partial charge in [-0.1, -0.05) is 48.5 Å². The smallest absolute Gasteiger partial charge is 0.325 e. The quantitative estimate of drug-likeness (QED) is 0.578. The van der Waals surface area contributed by atoms with Crippen LogP contribution in [0.4, 0.5) is 10.5 Å². The van der Waals surface area contributed by atoms with Crippen molar-refractivity contribution in [2.24, 2.45) is 5.73 Å². The number of rotatable bonds is 4. The average Bonchev–Trinajstić information content (AvgIpc) is 3.06. The van der Waals surface area contributed by atoms with Crippen LogP contribution in [0.5, 0.6) is 5.75 Å². The number of urea groups is 1. The second kappa shape index (κ2) is 7.87. The zero-order valence-corrected chi connectivity index (χ0v) is 18.4. The summed E-state index contributed by atoms with van der Waals surface area (Å²) in [6.45, 7) is 1.01. The number of ether oxygens (including phenoxy) is 1. The molecule has 5 amide bonds. The molecule has 172 valence electrons. The van der Waals surface area contributed by atoms with Gasteiger partial charge in [0.05, 0.1) is 12.2 Å². The molecule has 2 atom stereocenters. The van der Waals surface area contributed by atoms with Crippen LogP contribution in [0.1, 0.15) is 12.5 Å². The molecule has 1 fully saturated rings. The van der Waals surface area contributed by atoms with E-state index in [0.29, 0.717) is 17.0 Å². The third-order valence-corrected chi connectivity index (χ3v) is 6.29. The summed E-state index contributed by atoms with van der Waals surface area (Å²) in [4.78, 5) is 53.4. The number of imide groups is 1. The van der Waals surface area contributed by atoms with Crippen LogP contribution in [0.2, 0.25) is 0 Å². The summed E-state index contributed by atoms with van der Waals surface area (Å²) in [7, 11) is 0. The second-order valence-electron chi connectivity index (χ2n) is 8.49. The van der Waals surface area contributed by atoms with Gasteiger partial charge in [-0.05, 0) is 41.5 Å². The monoisotopic (exact) mass is 458 g/mol. The van der Waals surface area contributed by atoms with E-state index in [4.69, 9.17) is 10.5 Å². The molecule has 0 radical (unpaired) electrons. The Bertz CT molecular complexity index is 1360. The van der Waals surface area contributed by atoms with Crippen molar-refractivity contribution in [1.29, 1.82) is 0 Å². The predicted molar refractivity (Wildman–Crippen MR) is 124 cm³/mol. The first-order valence-corrected chi connectivity index (χ1v) is 10.8. The van der Waals surface area contributed by atoms with Crippen molar-refractivity contribution < 1.29 is 23.9 Å². The standard InChI is InChI=1S/C25H22N4O5/c1-25(17-11-10-15-6-2-3-7-16(15)12-17)23(32)29(24(33)27-25)14-21(30)28-13-20(22(26)31)34-19-9-5-4-8-18(19)28/h2-12,20H,13-14H2,1H3,(H2,26,31)(H,27,33)/t20-,25+/m0/s1. The lowest BCUT2D eigenvalue weighted by Crippen LogP contribution is -2.52. The summed E-state index contributed by atoms with van der Waals surface area (Å²) in [5.74, 6) is -1.46. The van der Waals surface area contributed by atoms with E-state index < -0.39 is 41.9 Å². The number of hydrogen-bond acceptors (Lipinski definition) is 5. The van der Waals surface area contributed by atoms with Crippen LogP contribution in [0.25, 0.3) is 10.8 Å². The van der Waals surface area contributed by atoms with E-state index in [9.17, 15) is 19.2 Å². The molecule has 2 aliphatic heterocycles. The van der Waals surface area contributed by atoms with Crippen LogP contribution in [-0.4, -0.2) is 47.8 Å². The van der Waals surface area contributed by atoms with E-state index in [1.807, 2.05) is 36.4 Å². The molecule has 2 aliphatic rings. The first-order valence-electron chi connectivity index (χ1n) is 10.8. The molecule has 0 aromatic heterocycles. The zero-order valence-electron chi connectivity index (χ0n) is 18.4. The maximum absolute atomic E-state index is 13.4. The highest BCUT2D eigenvalue weighted by Gasteiger charge is 2.50. The number of benzene rings is 3. The highest BCUT2D eigenvalue weighted by molar-refractivity contribution is 6.11. The number of hydrogen-bond donors (Lipinski definition) is 2. The third-order valence-electron chi connectivity index (χ3n) is 6.29. The topological polar surface area (TPSA) is 122 Å². The van der Waals surface area contributed by atoms with Crippen molar-refractivity contribution in [2.75, 3.05) is 18.0 Å². The Labute approximate surface area is 195 Å². The van der Waals surface area contributed by atoms with Crippen LogP contribution >= 0.6 is 0 Å². The second-order valence-corrected chi connectivity index (χ2v) is 8.49. The Morgan fingerprint density at radius 2 is 1.76 bits per heavy atom. The van der Waals surface area contributed by atoms with Crippen LogP contribution in [0.15, 0.2) is 66.7 Å². The molecule has 0 aliphatic carbocycles. The van der Waals surface area contributed by atoms with Gasteiger partial charge in [-0.15, -0.1) is 0 Å². The number of fused-ring (bicyclic) bond motifs is 2. The Balaban J connectivity index is 1.41. The summed E-state index contributed by atoms with van der Waals surface area (Å²) in [5.41, 5.74) is 5.14. The van der Waals surface area contributed by atoms with E-state index >= 15 is 0 Å². The normalized spacial score (nSPS) is 21.7. The number of primary amides is 1. The summed E-state index contributed by atoms with van der Waals surface area (Å²) in [5, 5.41) is 4.67. The van der Waals surface area contributed by atoms with Crippen molar-refractivity contribution in [3.63, 3.8) is 0 Å². The SMILES string of the molecule is C[C@]1(c2ccc3ccccc3c2)NC(=O)N(CC(=O)N2C[C@@H](C(N)=O)Oc3ccccc32)C1=O. The van der Waals surface area contributed by atoms with E-state index in [1.54, 1.807) is 37.3 Å². The molecule has 3 aromatic carbocycles. The van der Waals surface area contributed by atoms with E-state index in [1.165, 1.54) is 4.90 Å². The largest absolute Gasteiger partial charge is 0.477 e. The minimum Gasteiger partial charge on any atom is -0.477 e. The molecule has 5 rings (SSSR count). The number of nitrogens with two attached hydrogens (primary N) is 1. The number of carbonyl (C=O) groups is 4. The fourth-order valence-corrected chi connectivity index (χ4v) is 4.38. The maximum atomic E-state index is 13.4. The summed E-state index contributed by atoms with van der Waals surface area (Å²) in [6, 6.07) is 19.3. The molecule has 0 unspecified atom stereocenters. The van der Waals surface area contributed by atoms with Crippen molar-refractivity contribution in [3.8, 4) is 5.75 Å². The minimum absolute atomic E-state index is 0.114. The number of amides is 5. The van der Waals surface area contributed by atoms with Gasteiger partial charge >= 0.3 is 6.03 Å². The highest BCUT2D eigenvalue weighted by Crippen LogP contribution is 2.34. The van der Waals surface area contributed by atoms with Crippen LogP contribution in [-0.2, 0) is 19.9 Å². The van der Waals surface area contributed by atoms with Crippen molar-refractivity contribution >= 4 is 40.2 Å². The molecule has 9 heteroatoms. The predicted octanol–water partition coefficient (Wildman–Crippen LogP) is 1.89. The molecule has 34 heavy (non-hydrogen) atoms. The minimum atomic E-state index is -1.32. The highest BCUT2D eigenvalue weighted by atomic mass is 16.5. The summed E-state index contributed by atoms with van der Waals surface area (Å²) < 4.78 is 5.58. The van der Waals surface area contributed by atoms with Crippen molar-refractivity contribution in [1.82, 2.24) is 10.2 Å². The van der Waals surface area contributed by atoms with Gasteiger partial charge in [-0.3, -0.25) is 19.3 Å². The molecule has 0 bridgehead atoms. The number of nitrogens with one attached hydrogen (secondary N) is 1. The Hall–Kier alpha value is -4.40. The zero-order chi connectivity index (χ0) is 24.0. The van der Waals surface area contributed by atoms with Gasteiger partial charge in [-0.25, -0.2) is 4.79 Å². The number of anilines is 1. The number of nitrogens with zero attached hydrogens (tertiary/aromatic N) is 2. The first-order chi connectivity index (χ1) is 16.3. The summed E-state index contributed by atoms with van der Waals surface area (Å²) >= 11 is 0. The first kappa shape index (κ1) is 21.4. The van der Waals surface area contributed by atoms with Gasteiger partial charge < -0.3 is 20.7 Å². The van der Waals surface area contributed by atoms with Gasteiger partial charge in [0.1, 0.15) is 17.8 Å². The number of para-hydroxylation sites is 2. The molecule has 3 N–H and O–H groups in total. The number of carbonyl (C=O) groups excluding carboxylic acids is 4. The average molecular weight is 458 g/mol. The lowest BCUT2D eigenvalue weighted by molar-refractivity contribution is -0.134. The molecule has 2 heterocycles. The molecular weight excluding hydrogens is 436 g/mol. The fourth-order valence-electron chi connectivity index (χ4n) is 4.38. The third kappa shape index (κ3) is 3.42. The molecule has 0 spiro atoms. The summed E-state index contributed by atoms with van der Waals surface area (Å²) in [6.07, 6.45) is -1.04. The molecule has 9 nitrogen and oxygen atoms in total. The Morgan fingerprint density at radius 3 is 2.53 bits per heavy atom. The molecule has 0 saturated carbocycles. The van der Waals surface area contributed by atoms with Gasteiger partial charge in [0, 0.05) is 0 Å². The van der Waals surface area contributed by atoms with Crippen LogP contribution in [0, 0.1) is 0 Å². The van der Waals surface area contributed by atoms with Crippen LogP contribution in [0.3, 0.4) is 0 Å². The Kier molecular flexibility index (Phi) is 4.97. The van der Waals surface area contributed by atoms with Crippen LogP contribution < -0.4 is 20.7 Å². The maximum Gasteiger partial charge on any atom is 0.325 e. The van der Waals surface area contributed by atoms with E-state index in [0.717, 1.165) is 15.7 Å². The Morgan fingerprint density at radius 1 is 1.06 bits per heavy atom. The van der Waals surface area contributed by atoms with Crippen molar-refractivity contribution in [3.05, 3.63) is 72.3 Å². The molecular formula is C25H22N4O5. The van der Waals surface area contributed by atoms with Gasteiger partial charge in [0.25, 0.3) is 11.8 Å². The molecule has 3 aromatic rings. The van der Waals surface area contributed by atoms with Crippen molar-refractivity contribution in [2.45, 2.75) is 18.6 Å². The lowest BCUT2D eigenvalue weighted by Gasteiger charge is -2.34. The van der Waals surface area contributed by atoms with Gasteiger partial charge in [0.15, 0.2) is 6.10 Å². The van der Waals surface area contributed by atoms with E-state index in [-0.39, 0.29) is 6.54 Å². The van der Waals surface area contributed by atoms with E-state index in [2.05, 4.69) is 5.32 Å². The van der Waals surface area contributed by atoms with Gasteiger partial charge in [0.2, 0.25) is 5.91 Å². The van der Waals surface area contributed by atoms with Gasteiger partial charge in [-0.2, -0.15) is 0 Å². The lowest BCUT2D eigenvalue weighted by atomic mass is 9.90.